The summed E-state index contributed by atoms with van der Waals surface area (Å²) in [6, 6.07) is 6.93. The number of sulfonamides is 1. The maximum atomic E-state index is 13.4. The second kappa shape index (κ2) is 10.0. The number of hydrogen-bond acceptors (Lipinski definition) is 6. The number of carbonyl (C=O) groups is 2. The van der Waals surface area contributed by atoms with E-state index in [4.69, 9.17) is 9.52 Å². The molecule has 9 nitrogen and oxygen atoms in total. The summed E-state index contributed by atoms with van der Waals surface area (Å²) in [6.07, 6.45) is 2.91. The number of aliphatic carboxylic acids is 1. The maximum Gasteiger partial charge on any atom is 0.303 e. The number of aromatic nitrogens is 1. The minimum atomic E-state index is -3.79. The van der Waals surface area contributed by atoms with Gasteiger partial charge >= 0.3 is 5.97 Å². The summed E-state index contributed by atoms with van der Waals surface area (Å²) in [7, 11) is -2.34. The van der Waals surface area contributed by atoms with Crippen LogP contribution in [0.25, 0.3) is 28.5 Å². The fourth-order valence-electron chi connectivity index (χ4n) is 3.50. The number of fused-ring (bicyclic) bond motifs is 1. The van der Waals surface area contributed by atoms with E-state index in [-0.39, 0.29) is 48.7 Å². The summed E-state index contributed by atoms with van der Waals surface area (Å²) in [5.41, 5.74) is 0.956. The van der Waals surface area contributed by atoms with Crippen molar-refractivity contribution in [2.24, 2.45) is 0 Å². The van der Waals surface area contributed by atoms with Crippen LogP contribution in [0.5, 0.6) is 0 Å². The zero-order chi connectivity index (χ0) is 25.0. The molecule has 0 saturated carbocycles. The third kappa shape index (κ3) is 5.25. The van der Waals surface area contributed by atoms with Crippen molar-refractivity contribution in [3.63, 3.8) is 0 Å². The quantitative estimate of drug-likeness (QED) is 0.416. The third-order valence-corrected chi connectivity index (χ3v) is 6.27. The number of hydrogen-bond donors (Lipinski definition) is 2. The molecule has 0 radical (unpaired) electrons. The number of anilines is 1. The van der Waals surface area contributed by atoms with Gasteiger partial charge in [-0.05, 0) is 43.2 Å². The van der Waals surface area contributed by atoms with Crippen LogP contribution in [0.15, 0.2) is 41.3 Å². The van der Waals surface area contributed by atoms with Crippen LogP contribution < -0.4 is 9.62 Å². The van der Waals surface area contributed by atoms with Gasteiger partial charge in [0.2, 0.25) is 15.7 Å². The Morgan fingerprint density at radius 1 is 1.26 bits per heavy atom. The van der Waals surface area contributed by atoms with E-state index in [2.05, 4.69) is 16.9 Å². The normalized spacial score (nSPS) is 11.4. The molecule has 0 spiro atoms. The molecule has 0 fully saturated rings. The number of amides is 1. The molecule has 0 atom stereocenters. The maximum absolute atomic E-state index is 13.4. The number of pyridine rings is 1. The number of nitrogens with zero attached hydrogens (tertiary/aromatic N) is 2. The minimum Gasteiger partial charge on any atom is -0.481 e. The van der Waals surface area contributed by atoms with Crippen molar-refractivity contribution in [2.75, 3.05) is 24.2 Å². The van der Waals surface area contributed by atoms with Gasteiger partial charge < -0.3 is 14.8 Å². The number of halogens is 1. The van der Waals surface area contributed by atoms with Gasteiger partial charge in [-0.1, -0.05) is 12.7 Å². The van der Waals surface area contributed by atoms with E-state index in [9.17, 15) is 22.4 Å². The Morgan fingerprint density at radius 2 is 1.94 bits per heavy atom. The highest BCUT2D eigenvalue weighted by Crippen LogP contribution is 2.36. The van der Waals surface area contributed by atoms with Crippen LogP contribution in [-0.2, 0) is 14.8 Å². The van der Waals surface area contributed by atoms with Crippen LogP contribution in [0.2, 0.25) is 0 Å². The standard InChI is InChI=1S/C23H24FN3O6S/c1-4-14-13-17-19(22(30)25-2)20(15-8-10-16(24)11-9-15)33-23(17)26-21(14)27(34(3,31)32)12-6-5-7-18(28)29/h4,8-11,13H,1,5-7,12H2,2-3H3,(H,25,30)(H,28,29). The van der Waals surface area contributed by atoms with Gasteiger partial charge in [-0.2, -0.15) is 4.98 Å². The van der Waals surface area contributed by atoms with Crippen LogP contribution in [-0.4, -0.2) is 50.2 Å². The summed E-state index contributed by atoms with van der Waals surface area (Å²) < 4.78 is 45.5. The largest absolute Gasteiger partial charge is 0.481 e. The van der Waals surface area contributed by atoms with Crippen molar-refractivity contribution >= 4 is 44.9 Å². The molecule has 11 heteroatoms. The molecule has 0 unspecified atom stereocenters. The molecule has 34 heavy (non-hydrogen) atoms. The third-order valence-electron chi connectivity index (χ3n) is 5.11. The Labute approximate surface area is 195 Å². The molecule has 180 valence electrons. The number of furan rings is 1. The number of nitrogens with one attached hydrogen (secondary N) is 1. The number of rotatable bonds is 10. The van der Waals surface area contributed by atoms with Gasteiger partial charge in [0, 0.05) is 31.1 Å². The molecule has 0 aliphatic rings. The fourth-order valence-corrected chi connectivity index (χ4v) is 4.42. The Bertz CT molecular complexity index is 1350. The molecular formula is C23H24FN3O6S. The van der Waals surface area contributed by atoms with Crippen molar-refractivity contribution in [1.82, 2.24) is 10.3 Å². The number of carbonyl (C=O) groups excluding carboxylic acids is 1. The average Bonchev–Trinajstić information content (AvgIpc) is 3.15. The number of carboxylic acids is 1. The highest BCUT2D eigenvalue weighted by Gasteiger charge is 2.27. The fraction of sp³-hybridized carbons (Fsp3) is 0.261. The summed E-state index contributed by atoms with van der Waals surface area (Å²) in [5, 5.41) is 11.7. The molecule has 0 aliphatic carbocycles. The van der Waals surface area contributed by atoms with Gasteiger partial charge in [0.1, 0.15) is 11.6 Å². The first-order valence-corrected chi connectivity index (χ1v) is 12.2. The molecular weight excluding hydrogens is 465 g/mol. The van der Waals surface area contributed by atoms with Gasteiger partial charge in [-0.3, -0.25) is 13.9 Å². The van der Waals surface area contributed by atoms with E-state index in [1.54, 1.807) is 6.07 Å². The molecule has 1 aromatic carbocycles. The van der Waals surface area contributed by atoms with Gasteiger partial charge in [0.15, 0.2) is 5.82 Å². The Morgan fingerprint density at radius 3 is 2.50 bits per heavy atom. The summed E-state index contributed by atoms with van der Waals surface area (Å²) >= 11 is 0. The minimum absolute atomic E-state index is 0.000703. The SMILES string of the molecule is C=Cc1cc2c(C(=O)NC)c(-c3ccc(F)cc3)oc2nc1N(CCCCC(=O)O)S(C)(=O)=O. The first-order valence-electron chi connectivity index (χ1n) is 10.3. The topological polar surface area (TPSA) is 130 Å². The predicted molar refractivity (Wildman–Crippen MR) is 127 cm³/mol. The summed E-state index contributed by atoms with van der Waals surface area (Å²) in [4.78, 5) is 27.9. The first-order chi connectivity index (χ1) is 16.1. The zero-order valence-electron chi connectivity index (χ0n) is 18.7. The van der Waals surface area contributed by atoms with Gasteiger partial charge in [-0.25, -0.2) is 12.8 Å². The van der Waals surface area contributed by atoms with Crippen LogP contribution in [0.4, 0.5) is 10.2 Å². The van der Waals surface area contributed by atoms with E-state index >= 15 is 0 Å². The zero-order valence-corrected chi connectivity index (χ0v) is 19.5. The van der Waals surface area contributed by atoms with Crippen molar-refractivity contribution in [2.45, 2.75) is 19.3 Å². The van der Waals surface area contributed by atoms with E-state index in [0.717, 1.165) is 10.6 Å². The van der Waals surface area contributed by atoms with Crippen molar-refractivity contribution in [1.29, 1.82) is 0 Å². The molecule has 3 aromatic rings. The van der Waals surface area contributed by atoms with Crippen molar-refractivity contribution < 1.29 is 31.9 Å². The van der Waals surface area contributed by atoms with E-state index in [1.165, 1.54) is 37.4 Å². The van der Waals surface area contributed by atoms with Gasteiger partial charge in [0.25, 0.3) is 5.91 Å². The molecule has 1 amide bonds. The molecule has 0 bridgehead atoms. The monoisotopic (exact) mass is 489 g/mol. The molecule has 0 saturated heterocycles. The highest BCUT2D eigenvalue weighted by molar-refractivity contribution is 7.92. The van der Waals surface area contributed by atoms with E-state index in [0.29, 0.717) is 16.5 Å². The molecule has 2 N–H and O–H groups in total. The summed E-state index contributed by atoms with van der Waals surface area (Å²) in [5.74, 6) is -1.69. The lowest BCUT2D eigenvalue weighted by Crippen LogP contribution is -2.32. The van der Waals surface area contributed by atoms with Gasteiger partial charge in [-0.15, -0.1) is 0 Å². The lowest BCUT2D eigenvalue weighted by Gasteiger charge is -2.22. The molecule has 2 heterocycles. The number of benzene rings is 1. The summed E-state index contributed by atoms with van der Waals surface area (Å²) in [6.45, 7) is 3.74. The Hall–Kier alpha value is -3.73. The van der Waals surface area contributed by atoms with E-state index < -0.39 is 27.7 Å². The number of unbranched alkanes of at least 4 members (excludes halogenated alkanes) is 1. The Balaban J connectivity index is 2.18. The van der Waals surface area contributed by atoms with E-state index in [1.807, 2.05) is 0 Å². The van der Waals surface area contributed by atoms with Gasteiger partial charge in [0.05, 0.1) is 17.2 Å². The smallest absolute Gasteiger partial charge is 0.303 e. The molecule has 3 rings (SSSR count). The second-order valence-corrected chi connectivity index (χ2v) is 9.44. The molecule has 0 aliphatic heterocycles. The van der Waals surface area contributed by atoms with Crippen molar-refractivity contribution in [3.8, 4) is 11.3 Å². The first kappa shape index (κ1) is 24.9. The van der Waals surface area contributed by atoms with Crippen LogP contribution in [0.3, 0.4) is 0 Å². The lowest BCUT2D eigenvalue weighted by molar-refractivity contribution is -0.137. The Kier molecular flexibility index (Phi) is 7.35. The van der Waals surface area contributed by atoms with Crippen LogP contribution >= 0.6 is 0 Å². The molecule has 2 aromatic heterocycles. The highest BCUT2D eigenvalue weighted by atomic mass is 32.2. The predicted octanol–water partition coefficient (Wildman–Crippen LogP) is 3.66. The van der Waals surface area contributed by atoms with Crippen LogP contribution in [0, 0.1) is 5.82 Å². The second-order valence-electron chi connectivity index (χ2n) is 7.54. The average molecular weight is 490 g/mol. The van der Waals surface area contributed by atoms with Crippen LogP contribution in [0.1, 0.15) is 35.2 Å². The lowest BCUT2D eigenvalue weighted by atomic mass is 10.0. The number of carboxylic acid groups (broad SMARTS) is 1. The van der Waals surface area contributed by atoms with Crippen molar-refractivity contribution in [3.05, 3.63) is 53.9 Å².